The lowest BCUT2D eigenvalue weighted by molar-refractivity contribution is 0.560. The molecule has 1 unspecified atom stereocenters. The zero-order valence-electron chi connectivity index (χ0n) is 13.1. The van der Waals surface area contributed by atoms with Gasteiger partial charge in [0, 0.05) is 31.9 Å². The van der Waals surface area contributed by atoms with E-state index in [2.05, 4.69) is 59.9 Å². The summed E-state index contributed by atoms with van der Waals surface area (Å²) in [4.78, 5) is 4.41. The highest BCUT2D eigenvalue weighted by atomic mass is 15.0. The van der Waals surface area contributed by atoms with Crippen molar-refractivity contribution >= 4 is 0 Å². The highest BCUT2D eigenvalue weighted by Gasteiger charge is 2.16. The maximum absolute atomic E-state index is 4.41. The number of aryl methyl sites for hydroxylation is 1. The molecule has 1 heterocycles. The van der Waals surface area contributed by atoms with Crippen molar-refractivity contribution in [3.05, 3.63) is 53.6 Å². The van der Waals surface area contributed by atoms with Crippen molar-refractivity contribution in [3.8, 4) is 0 Å². The van der Waals surface area contributed by atoms with E-state index in [0.29, 0.717) is 6.04 Å². The fourth-order valence-electron chi connectivity index (χ4n) is 2.38. The van der Waals surface area contributed by atoms with E-state index in [1.165, 1.54) is 11.1 Å². The molecule has 0 aliphatic rings. The van der Waals surface area contributed by atoms with Crippen molar-refractivity contribution in [1.29, 1.82) is 0 Å². The predicted molar refractivity (Wildman–Crippen MR) is 83.9 cm³/mol. The van der Waals surface area contributed by atoms with Crippen molar-refractivity contribution in [3.63, 3.8) is 0 Å². The lowest BCUT2D eigenvalue weighted by atomic mass is 9.86. The molecule has 20 heavy (non-hydrogen) atoms. The largest absolute Gasteiger partial charge is 0.338 e. The fourth-order valence-corrected chi connectivity index (χ4v) is 2.38. The van der Waals surface area contributed by atoms with Crippen LogP contribution in [0.3, 0.4) is 0 Å². The average Bonchev–Trinajstić information content (AvgIpc) is 2.80. The summed E-state index contributed by atoms with van der Waals surface area (Å²) in [6.45, 7) is 6.72. The van der Waals surface area contributed by atoms with Crippen LogP contribution in [-0.4, -0.2) is 16.6 Å². The van der Waals surface area contributed by atoms with E-state index in [1.54, 1.807) is 0 Å². The highest BCUT2D eigenvalue weighted by molar-refractivity contribution is 5.29. The third kappa shape index (κ3) is 3.28. The van der Waals surface area contributed by atoms with Gasteiger partial charge in [-0.1, -0.05) is 45.0 Å². The predicted octanol–water partition coefficient (Wildman–Crippen LogP) is 3.22. The van der Waals surface area contributed by atoms with Crippen LogP contribution in [0.15, 0.2) is 36.7 Å². The number of hydrogen-bond donors (Lipinski definition) is 1. The van der Waals surface area contributed by atoms with Crippen LogP contribution in [0.25, 0.3) is 0 Å². The minimum Gasteiger partial charge on any atom is -0.338 e. The molecule has 0 saturated carbocycles. The Bertz CT molecular complexity index is 546. The maximum Gasteiger partial charge on any atom is 0.110 e. The van der Waals surface area contributed by atoms with Gasteiger partial charge in [-0.3, -0.25) is 0 Å². The molecule has 1 N–H and O–H groups in total. The van der Waals surface area contributed by atoms with Gasteiger partial charge in [0.25, 0.3) is 0 Å². The summed E-state index contributed by atoms with van der Waals surface area (Å²) in [5.74, 6) is 1.10. The molecule has 1 aromatic heterocycles. The Morgan fingerprint density at radius 3 is 2.30 bits per heavy atom. The van der Waals surface area contributed by atoms with Gasteiger partial charge in [-0.25, -0.2) is 4.98 Å². The van der Waals surface area contributed by atoms with Crippen molar-refractivity contribution in [2.45, 2.75) is 38.6 Å². The van der Waals surface area contributed by atoms with Gasteiger partial charge in [-0.2, -0.15) is 0 Å². The smallest absolute Gasteiger partial charge is 0.110 e. The number of aromatic nitrogens is 2. The molecule has 1 aromatic carbocycles. The van der Waals surface area contributed by atoms with Crippen LogP contribution in [0.4, 0.5) is 0 Å². The average molecular weight is 271 g/mol. The molecule has 0 bridgehead atoms. The Morgan fingerprint density at radius 1 is 1.20 bits per heavy atom. The summed E-state index contributed by atoms with van der Waals surface area (Å²) in [5.41, 5.74) is 2.88. The quantitative estimate of drug-likeness (QED) is 0.925. The Labute approximate surface area is 122 Å². The van der Waals surface area contributed by atoms with Gasteiger partial charge in [0.05, 0.1) is 0 Å². The molecule has 2 aromatic rings. The summed E-state index contributed by atoms with van der Waals surface area (Å²) >= 11 is 0. The highest BCUT2D eigenvalue weighted by Crippen LogP contribution is 2.24. The van der Waals surface area contributed by atoms with Crippen molar-refractivity contribution in [1.82, 2.24) is 14.9 Å². The van der Waals surface area contributed by atoms with Gasteiger partial charge in [-0.05, 0) is 23.6 Å². The minimum atomic E-state index is 0.202. The van der Waals surface area contributed by atoms with E-state index in [4.69, 9.17) is 0 Å². The fraction of sp³-hybridized carbons (Fsp3) is 0.471. The first-order valence-electron chi connectivity index (χ1n) is 7.15. The zero-order chi connectivity index (χ0) is 14.8. The summed E-state index contributed by atoms with van der Waals surface area (Å²) in [6, 6.07) is 9.22. The molecule has 108 valence electrons. The van der Waals surface area contributed by atoms with Crippen molar-refractivity contribution in [2.24, 2.45) is 7.05 Å². The molecule has 2 rings (SSSR count). The molecule has 0 amide bonds. The van der Waals surface area contributed by atoms with Crippen molar-refractivity contribution in [2.75, 3.05) is 7.05 Å². The number of imidazole rings is 1. The van der Waals surface area contributed by atoms with Crippen molar-refractivity contribution < 1.29 is 0 Å². The van der Waals surface area contributed by atoms with Crippen LogP contribution in [-0.2, 0) is 18.9 Å². The topological polar surface area (TPSA) is 29.9 Å². The maximum atomic E-state index is 4.41. The Kier molecular flexibility index (Phi) is 4.29. The molecule has 0 spiro atoms. The number of nitrogens with zero attached hydrogens (tertiary/aromatic N) is 2. The number of hydrogen-bond acceptors (Lipinski definition) is 2. The first-order valence-corrected chi connectivity index (χ1v) is 7.15. The third-order valence-corrected chi connectivity index (χ3v) is 3.84. The van der Waals surface area contributed by atoms with Gasteiger partial charge in [-0.15, -0.1) is 0 Å². The molecule has 1 atom stereocenters. The lowest BCUT2D eigenvalue weighted by Crippen LogP contribution is -2.21. The van der Waals surface area contributed by atoms with Crippen LogP contribution < -0.4 is 5.32 Å². The number of nitrogens with one attached hydrogen (secondary N) is 1. The minimum absolute atomic E-state index is 0.202. The summed E-state index contributed by atoms with van der Waals surface area (Å²) in [5, 5.41) is 3.39. The first kappa shape index (κ1) is 14.8. The van der Waals surface area contributed by atoms with Crippen LogP contribution >= 0.6 is 0 Å². The second kappa shape index (κ2) is 5.80. The Balaban J connectivity index is 2.18. The SMILES string of the molecule is CNC(Cc1nccn1C)c1ccc(C(C)(C)C)cc1. The third-order valence-electron chi connectivity index (χ3n) is 3.84. The van der Waals surface area contributed by atoms with E-state index >= 15 is 0 Å². The van der Waals surface area contributed by atoms with E-state index < -0.39 is 0 Å². The van der Waals surface area contributed by atoms with E-state index in [9.17, 15) is 0 Å². The van der Waals surface area contributed by atoms with Gasteiger partial charge in [0.1, 0.15) is 5.82 Å². The Hall–Kier alpha value is -1.61. The zero-order valence-corrected chi connectivity index (χ0v) is 13.1. The van der Waals surface area contributed by atoms with Crippen LogP contribution in [0.5, 0.6) is 0 Å². The monoisotopic (exact) mass is 271 g/mol. The number of rotatable bonds is 4. The van der Waals surface area contributed by atoms with E-state index in [0.717, 1.165) is 12.2 Å². The van der Waals surface area contributed by atoms with Crippen LogP contribution in [0.1, 0.15) is 43.8 Å². The van der Waals surface area contributed by atoms with Crippen LogP contribution in [0, 0.1) is 0 Å². The normalized spacial score (nSPS) is 13.4. The van der Waals surface area contributed by atoms with E-state index in [1.807, 2.05) is 26.5 Å². The molecule has 0 fully saturated rings. The second-order valence-corrected chi connectivity index (χ2v) is 6.37. The molecule has 0 aliphatic heterocycles. The standard InChI is InChI=1S/C17H25N3/c1-17(2,3)14-8-6-13(7-9-14)15(18-4)12-16-19-10-11-20(16)5/h6-11,15,18H,12H2,1-5H3. The Morgan fingerprint density at radius 2 is 1.85 bits per heavy atom. The van der Waals surface area contributed by atoms with Crippen LogP contribution in [0.2, 0.25) is 0 Å². The molecule has 0 radical (unpaired) electrons. The molecule has 0 aliphatic carbocycles. The lowest BCUT2D eigenvalue weighted by Gasteiger charge is -2.21. The summed E-state index contributed by atoms with van der Waals surface area (Å²) in [7, 11) is 4.04. The summed E-state index contributed by atoms with van der Waals surface area (Å²) < 4.78 is 2.08. The molecular weight excluding hydrogens is 246 g/mol. The van der Waals surface area contributed by atoms with Gasteiger partial charge < -0.3 is 9.88 Å². The van der Waals surface area contributed by atoms with Gasteiger partial charge in [0.15, 0.2) is 0 Å². The second-order valence-electron chi connectivity index (χ2n) is 6.37. The van der Waals surface area contributed by atoms with E-state index in [-0.39, 0.29) is 5.41 Å². The number of benzene rings is 1. The summed E-state index contributed by atoms with van der Waals surface area (Å²) in [6.07, 6.45) is 4.74. The molecule has 3 heteroatoms. The molecular formula is C17H25N3. The number of likely N-dealkylation sites (N-methyl/N-ethyl adjacent to an activating group) is 1. The molecule has 0 saturated heterocycles. The molecule has 3 nitrogen and oxygen atoms in total. The van der Waals surface area contributed by atoms with Gasteiger partial charge >= 0.3 is 0 Å². The first-order chi connectivity index (χ1) is 9.41. The van der Waals surface area contributed by atoms with Gasteiger partial charge in [0.2, 0.25) is 0 Å².